The first kappa shape index (κ1) is 15.8. The van der Waals surface area contributed by atoms with E-state index in [2.05, 4.69) is 9.80 Å². The molecule has 0 unspecified atom stereocenters. The van der Waals surface area contributed by atoms with Crippen molar-refractivity contribution in [1.82, 2.24) is 14.7 Å². The number of piperazine rings is 1. The van der Waals surface area contributed by atoms with Crippen molar-refractivity contribution in [3.05, 3.63) is 29.6 Å². The van der Waals surface area contributed by atoms with E-state index in [1.807, 2.05) is 4.90 Å². The van der Waals surface area contributed by atoms with Crippen molar-refractivity contribution in [2.24, 2.45) is 5.92 Å². The fourth-order valence-corrected chi connectivity index (χ4v) is 4.43. The number of amides is 1. The number of hydrogen-bond acceptors (Lipinski definition) is 4. The SMILES string of the molecule is O=C(c1ccc(F)c(O)c1)N1CCN([C@@H]2CN3CCC2CC3)CC1. The maximum Gasteiger partial charge on any atom is 0.254 e. The Morgan fingerprint density at radius 2 is 1.79 bits per heavy atom. The zero-order chi connectivity index (χ0) is 16.7. The Morgan fingerprint density at radius 1 is 1.08 bits per heavy atom. The molecule has 1 atom stereocenters. The topological polar surface area (TPSA) is 47.0 Å². The standard InChI is InChI=1S/C18H24FN3O2/c19-15-2-1-14(11-17(15)23)18(24)22-9-7-21(8-10-22)16-12-20-5-3-13(16)4-6-20/h1-2,11,13,16,23H,3-10,12H2/t16-/m1/s1. The molecule has 2 bridgehead atoms. The van der Waals surface area contributed by atoms with E-state index in [-0.39, 0.29) is 5.91 Å². The van der Waals surface area contributed by atoms with E-state index in [1.54, 1.807) is 0 Å². The Morgan fingerprint density at radius 3 is 2.38 bits per heavy atom. The Kier molecular flexibility index (Phi) is 4.18. The van der Waals surface area contributed by atoms with Crippen molar-refractivity contribution in [3.8, 4) is 5.75 Å². The van der Waals surface area contributed by atoms with Gasteiger partial charge in [0.1, 0.15) is 0 Å². The summed E-state index contributed by atoms with van der Waals surface area (Å²) in [4.78, 5) is 19.5. The third kappa shape index (κ3) is 2.89. The van der Waals surface area contributed by atoms with E-state index in [1.165, 1.54) is 44.6 Å². The monoisotopic (exact) mass is 333 g/mol. The molecule has 4 aliphatic heterocycles. The molecule has 0 saturated carbocycles. The largest absolute Gasteiger partial charge is 0.505 e. The molecule has 1 aromatic carbocycles. The molecule has 130 valence electrons. The number of phenolic OH excluding ortho intramolecular Hbond substituents is 1. The number of carbonyl (C=O) groups is 1. The molecule has 6 heteroatoms. The van der Waals surface area contributed by atoms with Crippen LogP contribution in [0, 0.1) is 11.7 Å². The van der Waals surface area contributed by atoms with Crippen molar-refractivity contribution >= 4 is 5.91 Å². The molecule has 5 rings (SSSR count). The van der Waals surface area contributed by atoms with Gasteiger partial charge in [-0.1, -0.05) is 0 Å². The van der Waals surface area contributed by atoms with Gasteiger partial charge in [0.25, 0.3) is 5.91 Å². The first-order valence-corrected chi connectivity index (χ1v) is 8.86. The number of phenols is 1. The quantitative estimate of drug-likeness (QED) is 0.888. The summed E-state index contributed by atoms with van der Waals surface area (Å²) in [5, 5.41) is 9.46. The maximum atomic E-state index is 13.1. The van der Waals surface area contributed by atoms with Gasteiger partial charge in [-0.3, -0.25) is 9.69 Å². The minimum Gasteiger partial charge on any atom is -0.505 e. The number of fused-ring (bicyclic) bond motifs is 3. The van der Waals surface area contributed by atoms with Gasteiger partial charge in [0.05, 0.1) is 0 Å². The fourth-order valence-electron chi connectivity index (χ4n) is 4.43. The normalized spacial score (nSPS) is 30.5. The summed E-state index contributed by atoms with van der Waals surface area (Å²) in [6.07, 6.45) is 2.61. The van der Waals surface area contributed by atoms with Crippen LogP contribution < -0.4 is 0 Å². The molecule has 0 aliphatic carbocycles. The Labute approximate surface area is 141 Å². The van der Waals surface area contributed by atoms with Crippen LogP contribution in [0.15, 0.2) is 18.2 Å². The van der Waals surface area contributed by atoms with Gasteiger partial charge in [-0.15, -0.1) is 0 Å². The highest BCUT2D eigenvalue weighted by molar-refractivity contribution is 5.94. The molecular weight excluding hydrogens is 309 g/mol. The average molecular weight is 333 g/mol. The average Bonchev–Trinajstić information content (AvgIpc) is 2.64. The first-order chi connectivity index (χ1) is 11.6. The second-order valence-corrected chi connectivity index (χ2v) is 7.20. The molecule has 1 N–H and O–H groups in total. The van der Waals surface area contributed by atoms with Crippen LogP contribution in [-0.2, 0) is 0 Å². The third-order valence-electron chi connectivity index (χ3n) is 5.89. The summed E-state index contributed by atoms with van der Waals surface area (Å²) in [5.41, 5.74) is 0.352. The number of carbonyl (C=O) groups excluding carboxylic acids is 1. The third-order valence-corrected chi connectivity index (χ3v) is 5.89. The molecule has 4 aliphatic rings. The number of halogens is 1. The molecule has 1 amide bonds. The highest BCUT2D eigenvalue weighted by Crippen LogP contribution is 2.31. The molecule has 4 fully saturated rings. The second kappa shape index (κ2) is 6.33. The van der Waals surface area contributed by atoms with E-state index < -0.39 is 11.6 Å². The highest BCUT2D eigenvalue weighted by Gasteiger charge is 2.38. The highest BCUT2D eigenvalue weighted by atomic mass is 19.1. The van der Waals surface area contributed by atoms with Gasteiger partial charge in [-0.05, 0) is 50.0 Å². The van der Waals surface area contributed by atoms with Crippen LogP contribution in [0.4, 0.5) is 4.39 Å². The Balaban J connectivity index is 1.37. The van der Waals surface area contributed by atoms with Crippen LogP contribution in [0.25, 0.3) is 0 Å². The molecule has 24 heavy (non-hydrogen) atoms. The number of nitrogens with zero attached hydrogens (tertiary/aromatic N) is 3. The minimum atomic E-state index is -0.696. The van der Waals surface area contributed by atoms with Crippen LogP contribution in [0.2, 0.25) is 0 Å². The van der Waals surface area contributed by atoms with E-state index in [4.69, 9.17) is 0 Å². The van der Waals surface area contributed by atoms with Gasteiger partial charge in [0.2, 0.25) is 0 Å². The van der Waals surface area contributed by atoms with Crippen LogP contribution in [-0.4, -0.2) is 77.6 Å². The molecule has 0 radical (unpaired) electrons. The molecular formula is C18H24FN3O2. The van der Waals surface area contributed by atoms with Crippen LogP contribution in [0.5, 0.6) is 5.75 Å². The Bertz CT molecular complexity index is 623. The maximum absolute atomic E-state index is 13.1. The van der Waals surface area contributed by atoms with Crippen molar-refractivity contribution in [2.45, 2.75) is 18.9 Å². The summed E-state index contributed by atoms with van der Waals surface area (Å²) in [5.74, 6) is -0.476. The Hall–Kier alpha value is -1.66. The molecule has 0 aromatic heterocycles. The van der Waals surface area contributed by atoms with E-state index in [0.717, 1.165) is 25.1 Å². The van der Waals surface area contributed by atoms with Crippen molar-refractivity contribution in [2.75, 3.05) is 45.8 Å². The lowest BCUT2D eigenvalue weighted by Gasteiger charge is -2.51. The number of benzene rings is 1. The second-order valence-electron chi connectivity index (χ2n) is 7.20. The molecule has 4 heterocycles. The zero-order valence-electron chi connectivity index (χ0n) is 13.8. The number of piperidine rings is 3. The number of aromatic hydroxyl groups is 1. The predicted octanol–water partition coefficient (Wildman–Crippen LogP) is 1.38. The summed E-state index contributed by atoms with van der Waals surface area (Å²) in [6, 6.07) is 4.44. The van der Waals surface area contributed by atoms with E-state index >= 15 is 0 Å². The van der Waals surface area contributed by atoms with Crippen LogP contribution in [0.1, 0.15) is 23.2 Å². The smallest absolute Gasteiger partial charge is 0.254 e. The lowest BCUT2D eigenvalue weighted by Crippen LogP contribution is -2.61. The van der Waals surface area contributed by atoms with E-state index in [9.17, 15) is 14.3 Å². The van der Waals surface area contributed by atoms with Crippen molar-refractivity contribution in [1.29, 1.82) is 0 Å². The van der Waals surface area contributed by atoms with Gasteiger partial charge in [0, 0.05) is 44.3 Å². The van der Waals surface area contributed by atoms with Gasteiger partial charge in [0.15, 0.2) is 11.6 Å². The zero-order valence-corrected chi connectivity index (χ0v) is 13.8. The fraction of sp³-hybridized carbons (Fsp3) is 0.611. The molecule has 5 nitrogen and oxygen atoms in total. The van der Waals surface area contributed by atoms with Crippen molar-refractivity contribution in [3.63, 3.8) is 0 Å². The van der Waals surface area contributed by atoms with Crippen LogP contribution in [0.3, 0.4) is 0 Å². The lowest BCUT2D eigenvalue weighted by molar-refractivity contribution is -0.0131. The van der Waals surface area contributed by atoms with Gasteiger partial charge in [-0.2, -0.15) is 0 Å². The first-order valence-electron chi connectivity index (χ1n) is 8.86. The molecule has 4 saturated heterocycles. The minimum absolute atomic E-state index is 0.126. The summed E-state index contributed by atoms with van der Waals surface area (Å²) >= 11 is 0. The van der Waals surface area contributed by atoms with Gasteiger partial charge >= 0.3 is 0 Å². The molecule has 0 spiro atoms. The summed E-state index contributed by atoms with van der Waals surface area (Å²) < 4.78 is 13.1. The lowest BCUT2D eigenvalue weighted by atomic mass is 9.83. The summed E-state index contributed by atoms with van der Waals surface area (Å²) in [7, 11) is 0. The predicted molar refractivity (Wildman–Crippen MR) is 88.5 cm³/mol. The van der Waals surface area contributed by atoms with Crippen molar-refractivity contribution < 1.29 is 14.3 Å². The van der Waals surface area contributed by atoms with E-state index in [0.29, 0.717) is 24.7 Å². The number of hydrogen-bond donors (Lipinski definition) is 1. The van der Waals surface area contributed by atoms with Gasteiger partial charge in [-0.25, -0.2) is 4.39 Å². The summed E-state index contributed by atoms with van der Waals surface area (Å²) in [6.45, 7) is 6.84. The number of rotatable bonds is 2. The molecule has 1 aromatic rings. The van der Waals surface area contributed by atoms with Crippen LogP contribution >= 0.6 is 0 Å². The van der Waals surface area contributed by atoms with Gasteiger partial charge < -0.3 is 14.9 Å².